The zero-order valence-electron chi connectivity index (χ0n) is 8.49. The van der Waals surface area contributed by atoms with Crippen molar-refractivity contribution in [2.45, 2.75) is 26.4 Å². The molecule has 0 aliphatic rings. The topological polar surface area (TPSA) is 45.0 Å². The summed E-state index contributed by atoms with van der Waals surface area (Å²) in [6, 6.07) is 6.70. The molecule has 0 amide bonds. The highest BCUT2D eigenvalue weighted by atomic mass is 28.2. The maximum absolute atomic E-state index is 9.65. The molecule has 0 atom stereocenters. The SMILES string of the molecule is CC[Si]N=NCc1cccc(C)c1O. The number of benzene rings is 1. The Labute approximate surface area is 86.8 Å². The fourth-order valence-corrected chi connectivity index (χ4v) is 1.39. The van der Waals surface area contributed by atoms with E-state index < -0.39 is 0 Å². The van der Waals surface area contributed by atoms with Gasteiger partial charge in [-0.1, -0.05) is 25.1 Å². The second-order valence-electron chi connectivity index (χ2n) is 2.99. The van der Waals surface area contributed by atoms with Gasteiger partial charge in [0, 0.05) is 5.56 Å². The number of para-hydroxylation sites is 1. The Hall–Kier alpha value is -1.16. The molecule has 1 N–H and O–H groups in total. The number of phenols is 1. The molecule has 2 radical (unpaired) electrons. The maximum atomic E-state index is 9.65. The monoisotopic (exact) mass is 206 g/mol. The van der Waals surface area contributed by atoms with Crippen LogP contribution < -0.4 is 0 Å². The lowest BCUT2D eigenvalue weighted by molar-refractivity contribution is 0.464. The van der Waals surface area contributed by atoms with Crippen LogP contribution in [0.25, 0.3) is 0 Å². The first-order valence-electron chi connectivity index (χ1n) is 4.62. The number of hydrogen-bond acceptors (Lipinski definition) is 3. The van der Waals surface area contributed by atoms with Gasteiger partial charge in [-0.3, -0.25) is 0 Å². The van der Waals surface area contributed by atoms with Crippen LogP contribution in [0.4, 0.5) is 0 Å². The Kier molecular flexibility index (Phi) is 4.32. The average Bonchev–Trinajstić information content (AvgIpc) is 2.19. The molecule has 1 rings (SSSR count). The van der Waals surface area contributed by atoms with Gasteiger partial charge in [-0.05, 0) is 18.5 Å². The molecule has 14 heavy (non-hydrogen) atoms. The summed E-state index contributed by atoms with van der Waals surface area (Å²) in [5.41, 5.74) is 1.73. The molecule has 0 unspecified atom stereocenters. The van der Waals surface area contributed by atoms with Crippen LogP contribution in [0.2, 0.25) is 6.04 Å². The second kappa shape index (κ2) is 5.54. The average molecular weight is 206 g/mol. The molecule has 74 valence electrons. The number of rotatable bonds is 4. The summed E-state index contributed by atoms with van der Waals surface area (Å²) in [6.07, 6.45) is 0. The van der Waals surface area contributed by atoms with Crippen molar-refractivity contribution in [1.82, 2.24) is 0 Å². The fraction of sp³-hybridized carbons (Fsp3) is 0.400. The van der Waals surface area contributed by atoms with Crippen LogP contribution in [0.15, 0.2) is 28.1 Å². The molecule has 0 aromatic heterocycles. The summed E-state index contributed by atoms with van der Waals surface area (Å²) in [6.45, 7) is 4.42. The van der Waals surface area contributed by atoms with Gasteiger partial charge in [0.05, 0.1) is 6.54 Å². The normalized spacial score (nSPS) is 11.0. The smallest absolute Gasteiger partial charge is 0.241 e. The van der Waals surface area contributed by atoms with E-state index in [1.807, 2.05) is 25.1 Å². The first-order chi connectivity index (χ1) is 6.75. The number of phenolic OH excluding ortho intramolecular Hbond substituents is 1. The standard InChI is InChI=1S/C10H14N2OSi/c1-3-14-12-11-7-9-6-4-5-8(2)10(9)13/h4-6,13H,3,7H2,1-2H3. The van der Waals surface area contributed by atoms with E-state index in [1.165, 1.54) is 0 Å². The van der Waals surface area contributed by atoms with E-state index in [4.69, 9.17) is 0 Å². The predicted molar refractivity (Wildman–Crippen MR) is 57.6 cm³/mol. The van der Waals surface area contributed by atoms with Crippen molar-refractivity contribution in [2.75, 3.05) is 0 Å². The van der Waals surface area contributed by atoms with Crippen molar-refractivity contribution >= 4 is 9.68 Å². The van der Waals surface area contributed by atoms with Crippen LogP contribution >= 0.6 is 0 Å². The van der Waals surface area contributed by atoms with E-state index in [0.717, 1.165) is 17.2 Å². The molecule has 0 aliphatic heterocycles. The zero-order valence-corrected chi connectivity index (χ0v) is 9.49. The van der Waals surface area contributed by atoms with E-state index in [0.29, 0.717) is 22.0 Å². The molecule has 0 aliphatic carbocycles. The van der Waals surface area contributed by atoms with E-state index in [2.05, 4.69) is 16.8 Å². The maximum Gasteiger partial charge on any atom is 0.241 e. The van der Waals surface area contributed by atoms with Crippen molar-refractivity contribution in [2.24, 2.45) is 9.89 Å². The highest BCUT2D eigenvalue weighted by molar-refractivity contribution is 6.32. The fourth-order valence-electron chi connectivity index (χ4n) is 1.08. The molecule has 0 spiro atoms. The van der Waals surface area contributed by atoms with Gasteiger partial charge in [0.1, 0.15) is 5.75 Å². The molecule has 3 nitrogen and oxygen atoms in total. The van der Waals surface area contributed by atoms with E-state index >= 15 is 0 Å². The van der Waals surface area contributed by atoms with Gasteiger partial charge in [-0.25, -0.2) is 4.78 Å². The van der Waals surface area contributed by atoms with Crippen molar-refractivity contribution in [3.63, 3.8) is 0 Å². The third-order valence-corrected chi connectivity index (χ3v) is 2.46. The van der Waals surface area contributed by atoms with Gasteiger partial charge >= 0.3 is 0 Å². The lowest BCUT2D eigenvalue weighted by atomic mass is 10.1. The highest BCUT2D eigenvalue weighted by Gasteiger charge is 2.01. The molecule has 0 saturated heterocycles. The molecule has 1 aromatic carbocycles. The molecule has 0 saturated carbocycles. The van der Waals surface area contributed by atoms with Crippen LogP contribution in [-0.4, -0.2) is 14.8 Å². The van der Waals surface area contributed by atoms with Crippen LogP contribution in [0, 0.1) is 6.92 Å². The molecule has 0 bridgehead atoms. The molecular formula is C10H14N2OSi. The number of nitrogens with zero attached hydrogens (tertiary/aromatic N) is 2. The minimum Gasteiger partial charge on any atom is -0.507 e. The minimum atomic E-state index is 0.339. The van der Waals surface area contributed by atoms with Gasteiger partial charge in [-0.2, -0.15) is 5.11 Å². The molecular weight excluding hydrogens is 192 g/mol. The van der Waals surface area contributed by atoms with Crippen molar-refractivity contribution in [3.8, 4) is 5.75 Å². The lowest BCUT2D eigenvalue weighted by Crippen LogP contribution is -1.86. The molecule has 0 heterocycles. The van der Waals surface area contributed by atoms with Crippen molar-refractivity contribution in [3.05, 3.63) is 29.3 Å². The van der Waals surface area contributed by atoms with E-state index in [-0.39, 0.29) is 0 Å². The second-order valence-corrected chi connectivity index (χ2v) is 4.22. The summed E-state index contributed by atoms with van der Waals surface area (Å²) in [4.78, 5) is 0. The Morgan fingerprint density at radius 2 is 2.21 bits per heavy atom. The van der Waals surface area contributed by atoms with Crippen molar-refractivity contribution in [1.29, 1.82) is 0 Å². The summed E-state index contributed by atoms with van der Waals surface area (Å²) in [5, 5.41) is 13.7. The summed E-state index contributed by atoms with van der Waals surface area (Å²) < 4.78 is 4.00. The summed E-state index contributed by atoms with van der Waals surface area (Å²) >= 11 is 0. The summed E-state index contributed by atoms with van der Waals surface area (Å²) in [7, 11) is 0.537. The quantitative estimate of drug-likeness (QED) is 0.597. The van der Waals surface area contributed by atoms with E-state index in [9.17, 15) is 5.11 Å². The first kappa shape index (κ1) is 10.9. The Morgan fingerprint density at radius 1 is 1.43 bits per heavy atom. The van der Waals surface area contributed by atoms with Gasteiger partial charge in [0.15, 0.2) is 0 Å². The van der Waals surface area contributed by atoms with Crippen LogP contribution in [0.1, 0.15) is 18.1 Å². The largest absolute Gasteiger partial charge is 0.507 e. The molecule has 0 fully saturated rings. The molecule has 1 aromatic rings. The Morgan fingerprint density at radius 3 is 2.93 bits per heavy atom. The zero-order chi connectivity index (χ0) is 10.4. The lowest BCUT2D eigenvalue weighted by Gasteiger charge is -2.02. The van der Waals surface area contributed by atoms with Crippen LogP contribution in [0.3, 0.4) is 0 Å². The van der Waals surface area contributed by atoms with Gasteiger partial charge in [-0.15, -0.1) is 0 Å². The summed E-state index contributed by atoms with van der Waals surface area (Å²) in [5.74, 6) is 0.339. The van der Waals surface area contributed by atoms with Gasteiger partial charge in [0.25, 0.3) is 0 Å². The molecule has 4 heteroatoms. The third-order valence-electron chi connectivity index (χ3n) is 1.86. The Balaban J connectivity index is 2.63. The number of aromatic hydroxyl groups is 1. The Bertz CT molecular complexity index is 326. The number of aryl methyl sites for hydroxylation is 1. The third kappa shape index (κ3) is 2.96. The van der Waals surface area contributed by atoms with Crippen LogP contribution in [0.5, 0.6) is 5.75 Å². The highest BCUT2D eigenvalue weighted by Crippen LogP contribution is 2.21. The van der Waals surface area contributed by atoms with Gasteiger partial charge in [0.2, 0.25) is 9.68 Å². The number of hydrogen-bond donors (Lipinski definition) is 1. The van der Waals surface area contributed by atoms with Gasteiger partial charge < -0.3 is 5.11 Å². The van der Waals surface area contributed by atoms with E-state index in [1.54, 1.807) is 0 Å². The van der Waals surface area contributed by atoms with Crippen LogP contribution in [-0.2, 0) is 6.54 Å². The first-order valence-corrected chi connectivity index (χ1v) is 5.78. The minimum absolute atomic E-state index is 0.339. The predicted octanol–water partition coefficient (Wildman–Crippen LogP) is 2.71. The van der Waals surface area contributed by atoms with Crippen molar-refractivity contribution < 1.29 is 5.11 Å².